The molecule has 1 aromatic rings. The van der Waals surface area contributed by atoms with E-state index in [9.17, 15) is 0 Å². The molecule has 1 N–H and O–H groups in total. The molecular weight excluding hydrogens is 210 g/mol. The van der Waals surface area contributed by atoms with Crippen LogP contribution >= 0.6 is 0 Å². The number of aryl methyl sites for hydroxylation is 1. The molecule has 0 heterocycles. The lowest BCUT2D eigenvalue weighted by Gasteiger charge is -2.33. The normalized spacial score (nSPS) is 13.5. The fourth-order valence-electron chi connectivity index (χ4n) is 2.14. The van der Waals surface area contributed by atoms with Gasteiger partial charge in [-0.2, -0.15) is 0 Å². The van der Waals surface area contributed by atoms with E-state index in [1.54, 1.807) is 7.11 Å². The van der Waals surface area contributed by atoms with Crippen LogP contribution in [0.15, 0.2) is 18.2 Å². The van der Waals surface area contributed by atoms with E-state index in [0.717, 1.165) is 12.3 Å². The minimum Gasteiger partial charge on any atom is -0.496 e. The van der Waals surface area contributed by atoms with Gasteiger partial charge in [-0.1, -0.05) is 39.8 Å². The van der Waals surface area contributed by atoms with Gasteiger partial charge in [0.25, 0.3) is 0 Å². The van der Waals surface area contributed by atoms with Crippen LogP contribution in [0.25, 0.3) is 0 Å². The fraction of sp³-hybridized carbons (Fsp3) is 0.600. The highest BCUT2D eigenvalue weighted by Crippen LogP contribution is 2.37. The summed E-state index contributed by atoms with van der Waals surface area (Å²) >= 11 is 0. The number of benzene rings is 1. The van der Waals surface area contributed by atoms with Crippen LogP contribution in [-0.4, -0.2) is 13.7 Å². The topological polar surface area (TPSA) is 21.3 Å². The molecule has 2 heteroatoms. The van der Waals surface area contributed by atoms with Gasteiger partial charge in [0.15, 0.2) is 0 Å². The number of hydrogen-bond acceptors (Lipinski definition) is 2. The Morgan fingerprint density at radius 3 is 2.41 bits per heavy atom. The predicted octanol–water partition coefficient (Wildman–Crippen LogP) is 3.70. The van der Waals surface area contributed by atoms with E-state index in [0.29, 0.717) is 6.04 Å². The first-order chi connectivity index (χ1) is 7.90. The molecule has 0 aromatic heterocycles. The maximum Gasteiger partial charge on any atom is 0.123 e. The summed E-state index contributed by atoms with van der Waals surface area (Å²) in [6.45, 7) is 11.9. The Morgan fingerprint density at radius 1 is 1.29 bits per heavy atom. The molecule has 0 saturated heterocycles. The van der Waals surface area contributed by atoms with Gasteiger partial charge in [-0.3, -0.25) is 0 Å². The minimum atomic E-state index is 0.165. The Kier molecular flexibility index (Phi) is 4.58. The van der Waals surface area contributed by atoms with E-state index < -0.39 is 0 Å². The van der Waals surface area contributed by atoms with Crippen molar-refractivity contribution >= 4 is 0 Å². The zero-order valence-electron chi connectivity index (χ0n) is 11.9. The fourth-order valence-corrected chi connectivity index (χ4v) is 2.14. The molecule has 0 fully saturated rings. The Morgan fingerprint density at radius 2 is 1.94 bits per heavy atom. The van der Waals surface area contributed by atoms with Gasteiger partial charge in [0, 0.05) is 11.6 Å². The summed E-state index contributed by atoms with van der Waals surface area (Å²) in [5.41, 5.74) is 2.64. The molecular formula is C15H25NO. The van der Waals surface area contributed by atoms with Crippen LogP contribution in [0, 0.1) is 12.3 Å². The van der Waals surface area contributed by atoms with Crippen molar-refractivity contribution in [2.75, 3.05) is 13.7 Å². The largest absolute Gasteiger partial charge is 0.496 e. The lowest BCUT2D eigenvalue weighted by molar-refractivity contribution is 0.268. The number of ether oxygens (including phenoxy) is 1. The molecule has 0 amide bonds. The SMILES string of the molecule is CCNC(c1ccc(C)cc1OC)C(C)(C)C. The number of nitrogens with one attached hydrogen (secondary N) is 1. The van der Waals surface area contributed by atoms with Gasteiger partial charge in [0.1, 0.15) is 5.75 Å². The minimum absolute atomic E-state index is 0.165. The van der Waals surface area contributed by atoms with Crippen LogP contribution in [0.1, 0.15) is 44.9 Å². The van der Waals surface area contributed by atoms with Gasteiger partial charge < -0.3 is 10.1 Å². The Balaban J connectivity index is 3.18. The van der Waals surface area contributed by atoms with Crippen LogP contribution in [0.4, 0.5) is 0 Å². The molecule has 96 valence electrons. The number of methoxy groups -OCH3 is 1. The third kappa shape index (κ3) is 3.47. The third-order valence-electron chi connectivity index (χ3n) is 2.97. The summed E-state index contributed by atoms with van der Waals surface area (Å²) in [6.07, 6.45) is 0. The monoisotopic (exact) mass is 235 g/mol. The summed E-state index contributed by atoms with van der Waals surface area (Å²) in [5.74, 6) is 0.978. The second kappa shape index (κ2) is 5.54. The van der Waals surface area contributed by atoms with E-state index >= 15 is 0 Å². The molecule has 0 bridgehead atoms. The van der Waals surface area contributed by atoms with Crippen LogP contribution in [0.2, 0.25) is 0 Å². The number of hydrogen-bond donors (Lipinski definition) is 1. The first-order valence-corrected chi connectivity index (χ1v) is 6.28. The lowest BCUT2D eigenvalue weighted by atomic mass is 9.81. The van der Waals surface area contributed by atoms with Crippen molar-refractivity contribution in [3.05, 3.63) is 29.3 Å². The van der Waals surface area contributed by atoms with Gasteiger partial charge in [-0.05, 0) is 30.5 Å². The van der Waals surface area contributed by atoms with Crippen molar-refractivity contribution in [2.45, 2.75) is 40.7 Å². The summed E-state index contributed by atoms with van der Waals surface area (Å²) in [5, 5.41) is 3.55. The van der Waals surface area contributed by atoms with Crippen LogP contribution in [-0.2, 0) is 0 Å². The summed E-state index contributed by atoms with van der Waals surface area (Å²) < 4.78 is 5.51. The van der Waals surface area contributed by atoms with Gasteiger partial charge in [0.2, 0.25) is 0 Å². The Labute approximate surface area is 105 Å². The third-order valence-corrected chi connectivity index (χ3v) is 2.97. The van der Waals surface area contributed by atoms with Gasteiger partial charge in [-0.25, -0.2) is 0 Å². The molecule has 0 saturated carbocycles. The Bertz CT molecular complexity index is 366. The molecule has 1 aromatic carbocycles. The van der Waals surface area contributed by atoms with Gasteiger partial charge in [-0.15, -0.1) is 0 Å². The zero-order chi connectivity index (χ0) is 13.1. The highest BCUT2D eigenvalue weighted by molar-refractivity contribution is 5.40. The maximum atomic E-state index is 5.51. The molecule has 1 atom stereocenters. The van der Waals surface area contributed by atoms with E-state index in [1.165, 1.54) is 11.1 Å². The molecule has 1 unspecified atom stereocenters. The number of rotatable bonds is 4. The quantitative estimate of drug-likeness (QED) is 0.859. The smallest absolute Gasteiger partial charge is 0.123 e. The van der Waals surface area contributed by atoms with Crippen molar-refractivity contribution in [3.8, 4) is 5.75 Å². The molecule has 0 aliphatic heterocycles. The Hall–Kier alpha value is -1.02. The second-order valence-electron chi connectivity index (χ2n) is 5.60. The molecule has 1 rings (SSSR count). The molecule has 0 radical (unpaired) electrons. The van der Waals surface area contributed by atoms with E-state index in [1.807, 2.05) is 0 Å². The molecule has 0 aliphatic rings. The van der Waals surface area contributed by atoms with E-state index in [-0.39, 0.29) is 5.41 Å². The lowest BCUT2D eigenvalue weighted by Crippen LogP contribution is -2.32. The maximum absolute atomic E-state index is 5.51. The van der Waals surface area contributed by atoms with E-state index in [2.05, 4.69) is 58.1 Å². The van der Waals surface area contributed by atoms with Crippen molar-refractivity contribution in [1.82, 2.24) is 5.32 Å². The predicted molar refractivity (Wildman–Crippen MR) is 73.6 cm³/mol. The van der Waals surface area contributed by atoms with Gasteiger partial charge in [0.05, 0.1) is 7.11 Å². The zero-order valence-corrected chi connectivity index (χ0v) is 11.9. The molecule has 2 nitrogen and oxygen atoms in total. The highest BCUT2D eigenvalue weighted by atomic mass is 16.5. The summed E-state index contributed by atoms with van der Waals surface area (Å²) in [7, 11) is 1.74. The van der Waals surface area contributed by atoms with E-state index in [4.69, 9.17) is 4.74 Å². The molecule has 0 spiro atoms. The molecule has 17 heavy (non-hydrogen) atoms. The summed E-state index contributed by atoms with van der Waals surface area (Å²) in [4.78, 5) is 0. The van der Waals surface area contributed by atoms with Crippen molar-refractivity contribution in [2.24, 2.45) is 5.41 Å². The van der Waals surface area contributed by atoms with Gasteiger partial charge >= 0.3 is 0 Å². The van der Waals surface area contributed by atoms with Crippen LogP contribution in [0.3, 0.4) is 0 Å². The highest BCUT2D eigenvalue weighted by Gasteiger charge is 2.27. The summed E-state index contributed by atoms with van der Waals surface area (Å²) in [6, 6.07) is 6.73. The average Bonchev–Trinajstić information content (AvgIpc) is 2.25. The average molecular weight is 235 g/mol. The first-order valence-electron chi connectivity index (χ1n) is 6.28. The second-order valence-corrected chi connectivity index (χ2v) is 5.60. The first kappa shape index (κ1) is 14.0. The van der Waals surface area contributed by atoms with Crippen molar-refractivity contribution < 1.29 is 4.74 Å². The van der Waals surface area contributed by atoms with Crippen molar-refractivity contribution in [3.63, 3.8) is 0 Å². The molecule has 0 aliphatic carbocycles. The van der Waals surface area contributed by atoms with Crippen LogP contribution in [0.5, 0.6) is 5.75 Å². The standard InChI is InChI=1S/C15H25NO/c1-7-16-14(15(3,4)5)12-9-8-11(2)10-13(12)17-6/h8-10,14,16H,7H2,1-6H3. The van der Waals surface area contributed by atoms with Crippen molar-refractivity contribution in [1.29, 1.82) is 0 Å². The van der Waals surface area contributed by atoms with Crippen LogP contribution < -0.4 is 10.1 Å².